The summed E-state index contributed by atoms with van der Waals surface area (Å²) in [7, 11) is 0. The number of hydrogen-bond acceptors (Lipinski definition) is 7. The summed E-state index contributed by atoms with van der Waals surface area (Å²) in [5, 5.41) is 0. The van der Waals surface area contributed by atoms with Crippen LogP contribution < -0.4 is 11.5 Å². The molecule has 1 aromatic heterocycles. The number of carbonyl (C=O) groups excluding carboxylic acids is 4. The molecule has 9 nitrogen and oxygen atoms in total. The number of primary amides is 2. The second kappa shape index (κ2) is 6.83. The van der Waals surface area contributed by atoms with Gasteiger partial charge in [0.25, 0.3) is 11.8 Å². The number of carbonyl (C=O) groups is 4. The molecule has 0 saturated carbocycles. The highest BCUT2D eigenvalue weighted by molar-refractivity contribution is 5.93. The van der Waals surface area contributed by atoms with Gasteiger partial charge in [-0.25, -0.2) is 14.6 Å². The maximum atomic E-state index is 11.5. The molecule has 0 atom stereocenters. The van der Waals surface area contributed by atoms with Crippen molar-refractivity contribution in [1.29, 1.82) is 0 Å². The normalized spacial score (nSPS) is 9.60. The Morgan fingerprint density at radius 3 is 1.65 bits per heavy atom. The summed E-state index contributed by atoms with van der Waals surface area (Å²) in [6.07, 6.45) is 0. The van der Waals surface area contributed by atoms with Crippen LogP contribution in [0.3, 0.4) is 0 Å². The fraction of sp³-hybridized carbons (Fsp3) is 0.182. The van der Waals surface area contributed by atoms with Gasteiger partial charge in [-0.05, 0) is 12.1 Å². The van der Waals surface area contributed by atoms with Crippen molar-refractivity contribution in [2.45, 2.75) is 0 Å². The largest absolute Gasteiger partial charge is 0.451 e. The summed E-state index contributed by atoms with van der Waals surface area (Å²) < 4.78 is 9.04. The van der Waals surface area contributed by atoms with E-state index in [1.54, 1.807) is 0 Å². The Hall–Kier alpha value is -2.97. The maximum Gasteiger partial charge on any atom is 0.357 e. The van der Waals surface area contributed by atoms with E-state index in [-0.39, 0.29) is 11.4 Å². The standard InChI is InChI=1S/C11H11N3O6/c12-8(15)4-19-10(17)6-2-1-3-7(14-6)11(18)20-5-9(13)16/h1-3H,4-5H2,(H2,12,15)(H2,13,16). The van der Waals surface area contributed by atoms with Crippen molar-refractivity contribution in [3.05, 3.63) is 29.6 Å². The molecular formula is C11H11N3O6. The highest BCUT2D eigenvalue weighted by Gasteiger charge is 2.15. The van der Waals surface area contributed by atoms with Gasteiger partial charge in [0.15, 0.2) is 13.2 Å². The Morgan fingerprint density at radius 2 is 1.30 bits per heavy atom. The SMILES string of the molecule is NC(=O)COC(=O)c1cccc(C(=O)OCC(N)=O)n1. The molecule has 0 aliphatic carbocycles. The molecule has 0 radical (unpaired) electrons. The van der Waals surface area contributed by atoms with E-state index in [0.29, 0.717) is 0 Å². The average Bonchev–Trinajstić information content (AvgIpc) is 2.42. The second-order valence-corrected chi connectivity index (χ2v) is 3.49. The minimum atomic E-state index is -0.923. The van der Waals surface area contributed by atoms with Crippen LogP contribution in [0.25, 0.3) is 0 Å². The molecule has 2 amide bonds. The predicted octanol–water partition coefficient (Wildman–Crippen LogP) is -1.63. The first-order valence-electron chi connectivity index (χ1n) is 5.28. The third-order valence-electron chi connectivity index (χ3n) is 1.86. The first kappa shape index (κ1) is 15.1. The van der Waals surface area contributed by atoms with E-state index in [4.69, 9.17) is 11.5 Å². The van der Waals surface area contributed by atoms with Crippen LogP contribution >= 0.6 is 0 Å². The van der Waals surface area contributed by atoms with E-state index < -0.39 is 37.0 Å². The Balaban J connectivity index is 2.74. The average molecular weight is 281 g/mol. The monoisotopic (exact) mass is 281 g/mol. The number of nitrogens with two attached hydrogens (primary N) is 2. The minimum absolute atomic E-state index is 0.209. The fourth-order valence-electron chi connectivity index (χ4n) is 1.08. The lowest BCUT2D eigenvalue weighted by Crippen LogP contribution is -2.23. The Bertz CT molecular complexity index is 512. The number of hydrogen-bond donors (Lipinski definition) is 2. The van der Waals surface area contributed by atoms with E-state index in [1.807, 2.05) is 0 Å². The molecule has 0 bridgehead atoms. The van der Waals surface area contributed by atoms with Gasteiger partial charge in [0, 0.05) is 0 Å². The molecule has 1 aromatic rings. The number of pyridine rings is 1. The molecule has 4 N–H and O–H groups in total. The van der Waals surface area contributed by atoms with Crippen LogP contribution in [-0.2, 0) is 19.1 Å². The van der Waals surface area contributed by atoms with Crippen LogP contribution in [0.4, 0.5) is 0 Å². The zero-order valence-corrected chi connectivity index (χ0v) is 10.2. The summed E-state index contributed by atoms with van der Waals surface area (Å²) in [5.41, 5.74) is 9.20. The molecule has 0 spiro atoms. The van der Waals surface area contributed by atoms with E-state index in [0.717, 1.165) is 0 Å². The third kappa shape index (κ3) is 4.72. The van der Waals surface area contributed by atoms with Crippen LogP contribution in [0.1, 0.15) is 21.0 Å². The number of aromatic nitrogens is 1. The van der Waals surface area contributed by atoms with Crippen LogP contribution in [0.2, 0.25) is 0 Å². The van der Waals surface area contributed by atoms with E-state index in [9.17, 15) is 19.2 Å². The zero-order chi connectivity index (χ0) is 15.1. The van der Waals surface area contributed by atoms with Crippen molar-refractivity contribution >= 4 is 23.8 Å². The number of esters is 2. The number of rotatable bonds is 6. The summed E-state index contributed by atoms with van der Waals surface area (Å²) in [6.45, 7) is -1.20. The molecular weight excluding hydrogens is 270 g/mol. The molecule has 9 heteroatoms. The first-order chi connectivity index (χ1) is 9.40. The van der Waals surface area contributed by atoms with Gasteiger partial charge in [-0.1, -0.05) is 6.07 Å². The molecule has 0 aromatic carbocycles. The maximum absolute atomic E-state index is 11.5. The van der Waals surface area contributed by atoms with Crippen molar-refractivity contribution < 1.29 is 28.7 Å². The first-order valence-corrected chi connectivity index (χ1v) is 5.28. The van der Waals surface area contributed by atoms with E-state index >= 15 is 0 Å². The van der Waals surface area contributed by atoms with Crippen LogP contribution in [0, 0.1) is 0 Å². The quantitative estimate of drug-likeness (QED) is 0.593. The molecule has 0 fully saturated rings. The van der Waals surface area contributed by atoms with Crippen molar-refractivity contribution in [3.63, 3.8) is 0 Å². The Morgan fingerprint density at radius 1 is 0.900 bits per heavy atom. The molecule has 0 aliphatic heterocycles. The van der Waals surface area contributed by atoms with Crippen LogP contribution in [0.15, 0.2) is 18.2 Å². The Labute approximate surface area is 112 Å². The Kier molecular flexibility index (Phi) is 5.15. The van der Waals surface area contributed by atoms with Gasteiger partial charge in [0.2, 0.25) is 0 Å². The lowest BCUT2D eigenvalue weighted by atomic mass is 10.3. The fourth-order valence-corrected chi connectivity index (χ4v) is 1.08. The van der Waals surface area contributed by atoms with Crippen LogP contribution in [0.5, 0.6) is 0 Å². The van der Waals surface area contributed by atoms with Gasteiger partial charge in [-0.15, -0.1) is 0 Å². The third-order valence-corrected chi connectivity index (χ3v) is 1.86. The van der Waals surface area contributed by atoms with E-state index in [1.165, 1.54) is 18.2 Å². The van der Waals surface area contributed by atoms with Crippen molar-refractivity contribution in [3.8, 4) is 0 Å². The van der Waals surface area contributed by atoms with Gasteiger partial charge in [-0.2, -0.15) is 0 Å². The predicted molar refractivity (Wildman–Crippen MR) is 63.2 cm³/mol. The smallest absolute Gasteiger partial charge is 0.357 e. The molecule has 1 heterocycles. The van der Waals surface area contributed by atoms with Gasteiger partial charge in [0.1, 0.15) is 11.4 Å². The second-order valence-electron chi connectivity index (χ2n) is 3.49. The zero-order valence-electron chi connectivity index (χ0n) is 10.2. The van der Waals surface area contributed by atoms with Crippen molar-refractivity contribution in [1.82, 2.24) is 4.98 Å². The topological polar surface area (TPSA) is 152 Å². The highest BCUT2D eigenvalue weighted by Crippen LogP contribution is 2.03. The lowest BCUT2D eigenvalue weighted by molar-refractivity contribution is -0.121. The molecule has 20 heavy (non-hydrogen) atoms. The number of amides is 2. The number of ether oxygens (including phenoxy) is 2. The lowest BCUT2D eigenvalue weighted by Gasteiger charge is -2.04. The van der Waals surface area contributed by atoms with Crippen LogP contribution in [-0.4, -0.2) is 42.0 Å². The summed E-state index contributed by atoms with van der Waals surface area (Å²) in [6, 6.07) is 3.90. The summed E-state index contributed by atoms with van der Waals surface area (Å²) in [4.78, 5) is 47.5. The van der Waals surface area contributed by atoms with Gasteiger partial charge in [0.05, 0.1) is 0 Å². The minimum Gasteiger partial charge on any atom is -0.451 e. The molecule has 0 saturated heterocycles. The number of nitrogens with zero attached hydrogens (tertiary/aromatic N) is 1. The highest BCUT2D eigenvalue weighted by atomic mass is 16.5. The van der Waals surface area contributed by atoms with Crippen molar-refractivity contribution in [2.24, 2.45) is 11.5 Å². The summed E-state index contributed by atoms with van der Waals surface area (Å²) >= 11 is 0. The molecule has 1 rings (SSSR count). The van der Waals surface area contributed by atoms with Gasteiger partial charge >= 0.3 is 11.9 Å². The van der Waals surface area contributed by atoms with Crippen molar-refractivity contribution in [2.75, 3.05) is 13.2 Å². The van der Waals surface area contributed by atoms with Gasteiger partial charge in [-0.3, -0.25) is 9.59 Å². The summed E-state index contributed by atoms with van der Waals surface area (Å²) in [5.74, 6) is -3.49. The molecule has 0 unspecified atom stereocenters. The van der Waals surface area contributed by atoms with E-state index in [2.05, 4.69) is 14.5 Å². The molecule has 106 valence electrons. The van der Waals surface area contributed by atoms with Gasteiger partial charge < -0.3 is 20.9 Å². The molecule has 0 aliphatic rings.